The Hall–Kier alpha value is -1.55. The highest BCUT2D eigenvalue weighted by atomic mass is 35.5. The van der Waals surface area contributed by atoms with Crippen LogP contribution in [0.3, 0.4) is 0 Å². The Morgan fingerprint density at radius 1 is 1.33 bits per heavy atom. The Kier molecular flexibility index (Phi) is 2.60. The van der Waals surface area contributed by atoms with Gasteiger partial charge in [-0.3, -0.25) is 4.98 Å². The van der Waals surface area contributed by atoms with E-state index in [9.17, 15) is 4.39 Å². The molecule has 0 unspecified atom stereocenters. The first-order chi connectivity index (χ1) is 7.18. The van der Waals surface area contributed by atoms with Gasteiger partial charge in [0.05, 0.1) is 6.20 Å². The molecule has 0 fully saturated rings. The molecule has 0 aliphatic heterocycles. The van der Waals surface area contributed by atoms with E-state index in [4.69, 9.17) is 11.6 Å². The summed E-state index contributed by atoms with van der Waals surface area (Å²) >= 11 is 5.61. The number of nitrogens with zero attached hydrogens (tertiary/aromatic N) is 3. The maximum Gasteiger partial charge on any atom is 0.223 e. The minimum atomic E-state index is -0.492. The predicted molar refractivity (Wildman–Crippen MR) is 55.0 cm³/mol. The van der Waals surface area contributed by atoms with E-state index in [2.05, 4.69) is 15.0 Å². The molecular formula is C10H7ClFN3. The zero-order chi connectivity index (χ0) is 10.8. The second-order valence-corrected chi connectivity index (χ2v) is 3.36. The van der Waals surface area contributed by atoms with E-state index in [1.54, 1.807) is 18.5 Å². The Morgan fingerprint density at radius 3 is 2.87 bits per heavy atom. The fourth-order valence-corrected chi connectivity index (χ4v) is 1.41. The molecule has 5 heteroatoms. The van der Waals surface area contributed by atoms with Crippen LogP contribution in [0.5, 0.6) is 0 Å². The zero-order valence-corrected chi connectivity index (χ0v) is 8.66. The summed E-state index contributed by atoms with van der Waals surface area (Å²) in [5.74, 6) is -0.492. The van der Waals surface area contributed by atoms with Crippen LogP contribution in [0.4, 0.5) is 4.39 Å². The summed E-state index contributed by atoms with van der Waals surface area (Å²) in [6.45, 7) is 1.83. The molecule has 0 N–H and O–H groups in total. The molecule has 0 aliphatic rings. The molecule has 0 aromatic carbocycles. The molecule has 76 valence electrons. The smallest absolute Gasteiger partial charge is 0.223 e. The summed E-state index contributed by atoms with van der Waals surface area (Å²) in [6.07, 6.45) is 4.28. The maximum atomic E-state index is 13.4. The predicted octanol–water partition coefficient (Wildman–Crippen LogP) is 2.64. The van der Waals surface area contributed by atoms with E-state index in [-0.39, 0.29) is 11.0 Å². The molecule has 0 saturated carbocycles. The van der Waals surface area contributed by atoms with Crippen molar-refractivity contribution in [3.63, 3.8) is 0 Å². The minimum absolute atomic E-state index is 0.0302. The highest BCUT2D eigenvalue weighted by Gasteiger charge is 2.10. The molecule has 0 amide bonds. The highest BCUT2D eigenvalue weighted by molar-refractivity contribution is 6.28. The van der Waals surface area contributed by atoms with Crippen LogP contribution < -0.4 is 0 Å². The van der Waals surface area contributed by atoms with Crippen LogP contribution in [0.2, 0.25) is 5.28 Å². The van der Waals surface area contributed by atoms with Gasteiger partial charge < -0.3 is 0 Å². The van der Waals surface area contributed by atoms with Crippen LogP contribution in [0.25, 0.3) is 11.3 Å². The van der Waals surface area contributed by atoms with Crippen molar-refractivity contribution in [3.05, 3.63) is 41.3 Å². The number of aryl methyl sites for hydroxylation is 1. The van der Waals surface area contributed by atoms with E-state index in [1.807, 2.05) is 6.92 Å². The van der Waals surface area contributed by atoms with Crippen LogP contribution in [0.1, 0.15) is 5.56 Å². The molecule has 2 aromatic heterocycles. The Morgan fingerprint density at radius 2 is 2.13 bits per heavy atom. The van der Waals surface area contributed by atoms with Crippen LogP contribution >= 0.6 is 11.6 Å². The standard InChI is InChI=1S/C10H7ClFN3/c1-6-4-13-3-2-7(6)9-8(12)5-14-10(11)15-9/h2-5H,1H3. The lowest BCUT2D eigenvalue weighted by molar-refractivity contribution is 0.618. The summed E-state index contributed by atoms with van der Waals surface area (Å²) in [7, 11) is 0. The molecule has 0 radical (unpaired) electrons. The summed E-state index contributed by atoms with van der Waals surface area (Å²) in [5, 5.41) is 0.0302. The first-order valence-corrected chi connectivity index (χ1v) is 4.65. The molecule has 0 bridgehead atoms. The van der Waals surface area contributed by atoms with Crippen molar-refractivity contribution in [1.29, 1.82) is 0 Å². The molecule has 0 saturated heterocycles. The SMILES string of the molecule is Cc1cnccc1-c1nc(Cl)ncc1F. The van der Waals surface area contributed by atoms with Gasteiger partial charge in [-0.25, -0.2) is 14.4 Å². The van der Waals surface area contributed by atoms with Gasteiger partial charge in [-0.05, 0) is 30.2 Å². The lowest BCUT2D eigenvalue weighted by atomic mass is 10.1. The van der Waals surface area contributed by atoms with E-state index >= 15 is 0 Å². The molecule has 2 aromatic rings. The molecule has 15 heavy (non-hydrogen) atoms. The number of hydrogen-bond donors (Lipinski definition) is 0. The largest absolute Gasteiger partial charge is 0.264 e. The van der Waals surface area contributed by atoms with Gasteiger partial charge in [0.25, 0.3) is 0 Å². The van der Waals surface area contributed by atoms with Crippen molar-refractivity contribution in [2.45, 2.75) is 6.92 Å². The van der Waals surface area contributed by atoms with E-state index in [1.165, 1.54) is 0 Å². The summed E-state index contributed by atoms with van der Waals surface area (Å²) in [5.41, 5.74) is 1.72. The van der Waals surface area contributed by atoms with Crippen molar-refractivity contribution >= 4 is 11.6 Å². The quantitative estimate of drug-likeness (QED) is 0.698. The third-order valence-corrected chi connectivity index (χ3v) is 2.17. The van der Waals surface area contributed by atoms with Crippen molar-refractivity contribution in [3.8, 4) is 11.3 Å². The third kappa shape index (κ3) is 1.94. The van der Waals surface area contributed by atoms with Crippen LogP contribution in [-0.4, -0.2) is 15.0 Å². The monoisotopic (exact) mass is 223 g/mol. The normalized spacial score (nSPS) is 10.3. The number of aromatic nitrogens is 3. The van der Waals surface area contributed by atoms with Crippen LogP contribution in [0.15, 0.2) is 24.7 Å². The van der Waals surface area contributed by atoms with Crippen molar-refractivity contribution in [1.82, 2.24) is 15.0 Å². The average Bonchev–Trinajstić information content (AvgIpc) is 2.23. The lowest BCUT2D eigenvalue weighted by Crippen LogP contribution is -1.94. The third-order valence-electron chi connectivity index (χ3n) is 1.99. The lowest BCUT2D eigenvalue weighted by Gasteiger charge is -2.04. The van der Waals surface area contributed by atoms with Gasteiger partial charge in [0, 0.05) is 18.0 Å². The second-order valence-electron chi connectivity index (χ2n) is 3.03. The maximum absolute atomic E-state index is 13.4. The number of halogens is 2. The molecule has 0 spiro atoms. The van der Waals surface area contributed by atoms with Gasteiger partial charge in [-0.15, -0.1) is 0 Å². The fraction of sp³-hybridized carbons (Fsp3) is 0.100. The second kappa shape index (κ2) is 3.90. The molecule has 3 nitrogen and oxygen atoms in total. The summed E-state index contributed by atoms with van der Waals surface area (Å²) in [6, 6.07) is 1.69. The first-order valence-electron chi connectivity index (χ1n) is 4.27. The Balaban J connectivity index is 2.64. The van der Waals surface area contributed by atoms with Gasteiger partial charge in [-0.2, -0.15) is 0 Å². The van der Waals surface area contributed by atoms with Gasteiger partial charge >= 0.3 is 0 Å². The van der Waals surface area contributed by atoms with Gasteiger partial charge in [0.15, 0.2) is 5.82 Å². The van der Waals surface area contributed by atoms with Gasteiger partial charge in [-0.1, -0.05) is 0 Å². The topological polar surface area (TPSA) is 38.7 Å². The molecule has 0 atom stereocenters. The average molecular weight is 224 g/mol. The summed E-state index contributed by atoms with van der Waals surface area (Å²) < 4.78 is 13.4. The molecule has 2 heterocycles. The van der Waals surface area contributed by atoms with Crippen LogP contribution in [0, 0.1) is 12.7 Å². The van der Waals surface area contributed by atoms with Crippen molar-refractivity contribution < 1.29 is 4.39 Å². The van der Waals surface area contributed by atoms with E-state index < -0.39 is 5.82 Å². The number of hydrogen-bond acceptors (Lipinski definition) is 3. The van der Waals surface area contributed by atoms with Crippen LogP contribution in [-0.2, 0) is 0 Å². The van der Waals surface area contributed by atoms with Crippen molar-refractivity contribution in [2.75, 3.05) is 0 Å². The van der Waals surface area contributed by atoms with E-state index in [0.29, 0.717) is 5.56 Å². The van der Waals surface area contributed by atoms with Gasteiger partial charge in [0.2, 0.25) is 5.28 Å². The zero-order valence-electron chi connectivity index (χ0n) is 7.91. The highest BCUT2D eigenvalue weighted by Crippen LogP contribution is 2.23. The summed E-state index contributed by atoms with van der Waals surface area (Å²) in [4.78, 5) is 11.3. The number of pyridine rings is 1. The molecular weight excluding hydrogens is 217 g/mol. The molecule has 2 rings (SSSR count). The van der Waals surface area contributed by atoms with Gasteiger partial charge in [0.1, 0.15) is 5.69 Å². The Bertz CT molecular complexity index is 502. The van der Waals surface area contributed by atoms with E-state index in [0.717, 1.165) is 11.8 Å². The Labute approximate surface area is 91.0 Å². The molecule has 0 aliphatic carbocycles. The first kappa shape index (κ1) is 9.98. The number of rotatable bonds is 1. The minimum Gasteiger partial charge on any atom is -0.264 e. The fourth-order valence-electron chi connectivity index (χ4n) is 1.27. The van der Waals surface area contributed by atoms with Crippen molar-refractivity contribution in [2.24, 2.45) is 0 Å².